The van der Waals surface area contributed by atoms with Crippen molar-refractivity contribution in [3.8, 4) is 5.75 Å². The fourth-order valence-corrected chi connectivity index (χ4v) is 1.82. The van der Waals surface area contributed by atoms with Crippen LogP contribution in [0.15, 0.2) is 24.3 Å². The van der Waals surface area contributed by atoms with Crippen molar-refractivity contribution in [3.05, 3.63) is 24.3 Å². The van der Waals surface area contributed by atoms with Gasteiger partial charge in [0, 0.05) is 12.4 Å². The zero-order chi connectivity index (χ0) is 12.1. The number of anilines is 1. The number of halogens is 1. The summed E-state index contributed by atoms with van der Waals surface area (Å²) in [5, 5.41) is 0. The third-order valence-electron chi connectivity index (χ3n) is 2.49. The van der Waals surface area contributed by atoms with Crippen LogP contribution in [0.3, 0.4) is 0 Å². The van der Waals surface area contributed by atoms with E-state index >= 15 is 0 Å². The molecule has 4 nitrogen and oxygen atoms in total. The van der Waals surface area contributed by atoms with E-state index in [9.17, 15) is 4.79 Å². The van der Waals surface area contributed by atoms with Crippen LogP contribution in [0.1, 0.15) is 0 Å². The van der Waals surface area contributed by atoms with E-state index in [0.717, 1.165) is 11.4 Å². The standard InChI is InChI=1S/C12H14ClNO3/c13-5-7-16-8-6-14-10-3-1-2-4-11(10)17-9-12(14)15/h1-4H,5-9H2. The smallest absolute Gasteiger partial charge is 0.265 e. The summed E-state index contributed by atoms with van der Waals surface area (Å²) < 4.78 is 10.6. The quantitative estimate of drug-likeness (QED) is 0.593. The number of hydrogen-bond donors (Lipinski definition) is 0. The Balaban J connectivity index is 2.02. The number of carbonyl (C=O) groups is 1. The Bertz CT molecular complexity index is 397. The van der Waals surface area contributed by atoms with Gasteiger partial charge in [-0.25, -0.2) is 0 Å². The van der Waals surface area contributed by atoms with Crippen LogP contribution < -0.4 is 9.64 Å². The lowest BCUT2D eigenvalue weighted by Crippen LogP contribution is -2.40. The number of ether oxygens (including phenoxy) is 2. The number of carbonyl (C=O) groups excluding carboxylic acids is 1. The minimum Gasteiger partial charge on any atom is -0.482 e. The first-order valence-corrected chi connectivity index (χ1v) is 6.02. The van der Waals surface area contributed by atoms with E-state index in [1.807, 2.05) is 24.3 Å². The highest BCUT2D eigenvalue weighted by Gasteiger charge is 2.24. The van der Waals surface area contributed by atoms with Crippen LogP contribution in [0, 0.1) is 0 Å². The first kappa shape index (κ1) is 12.2. The Kier molecular flexibility index (Phi) is 4.23. The molecule has 0 aromatic heterocycles. The third-order valence-corrected chi connectivity index (χ3v) is 2.64. The summed E-state index contributed by atoms with van der Waals surface area (Å²) in [4.78, 5) is 13.4. The van der Waals surface area contributed by atoms with Crippen LogP contribution >= 0.6 is 11.6 Å². The van der Waals surface area contributed by atoms with E-state index in [0.29, 0.717) is 25.6 Å². The molecular weight excluding hydrogens is 242 g/mol. The van der Waals surface area contributed by atoms with Crippen molar-refractivity contribution in [1.82, 2.24) is 0 Å². The molecule has 0 atom stereocenters. The fraction of sp³-hybridized carbons (Fsp3) is 0.417. The Morgan fingerprint density at radius 1 is 1.35 bits per heavy atom. The molecular formula is C12H14ClNO3. The molecule has 0 aliphatic carbocycles. The van der Waals surface area contributed by atoms with Gasteiger partial charge in [-0.05, 0) is 12.1 Å². The van der Waals surface area contributed by atoms with Crippen molar-refractivity contribution in [2.75, 3.05) is 37.1 Å². The van der Waals surface area contributed by atoms with E-state index in [4.69, 9.17) is 21.1 Å². The second-order valence-corrected chi connectivity index (χ2v) is 3.98. The van der Waals surface area contributed by atoms with Crippen LogP contribution in [-0.4, -0.2) is 38.2 Å². The van der Waals surface area contributed by atoms with Crippen LogP contribution in [0.2, 0.25) is 0 Å². The zero-order valence-electron chi connectivity index (χ0n) is 9.39. The molecule has 1 amide bonds. The van der Waals surface area contributed by atoms with Gasteiger partial charge in [0.25, 0.3) is 5.91 Å². The first-order chi connectivity index (χ1) is 8.33. The highest BCUT2D eigenvalue weighted by atomic mass is 35.5. The van der Waals surface area contributed by atoms with Gasteiger partial charge in [-0.1, -0.05) is 12.1 Å². The number of alkyl halides is 1. The van der Waals surface area contributed by atoms with Gasteiger partial charge in [0.1, 0.15) is 5.75 Å². The predicted molar refractivity (Wildman–Crippen MR) is 65.8 cm³/mol. The molecule has 1 aliphatic rings. The Morgan fingerprint density at radius 2 is 2.18 bits per heavy atom. The first-order valence-electron chi connectivity index (χ1n) is 5.49. The lowest BCUT2D eigenvalue weighted by molar-refractivity contribution is -0.121. The van der Waals surface area contributed by atoms with E-state index in [1.54, 1.807) is 4.90 Å². The monoisotopic (exact) mass is 255 g/mol. The van der Waals surface area contributed by atoms with Gasteiger partial charge in [-0.3, -0.25) is 4.79 Å². The SMILES string of the molecule is O=C1COc2ccccc2N1CCOCCCl. The molecule has 92 valence electrons. The minimum atomic E-state index is -0.0434. The van der Waals surface area contributed by atoms with Crippen molar-refractivity contribution in [3.63, 3.8) is 0 Å². The molecule has 0 radical (unpaired) electrons. The van der Waals surface area contributed by atoms with Gasteiger partial charge in [0.05, 0.1) is 18.9 Å². The molecule has 0 N–H and O–H groups in total. The average molecular weight is 256 g/mol. The summed E-state index contributed by atoms with van der Waals surface area (Å²) in [6.45, 7) is 1.59. The van der Waals surface area contributed by atoms with Crippen molar-refractivity contribution < 1.29 is 14.3 Å². The number of fused-ring (bicyclic) bond motifs is 1. The average Bonchev–Trinajstić information content (AvgIpc) is 2.37. The topological polar surface area (TPSA) is 38.8 Å². The number of rotatable bonds is 5. The maximum atomic E-state index is 11.7. The predicted octanol–water partition coefficient (Wildman–Crippen LogP) is 1.67. The second kappa shape index (κ2) is 5.89. The maximum Gasteiger partial charge on any atom is 0.265 e. The second-order valence-electron chi connectivity index (χ2n) is 3.60. The molecule has 17 heavy (non-hydrogen) atoms. The van der Waals surface area contributed by atoms with Gasteiger partial charge in [-0.2, -0.15) is 0 Å². The molecule has 0 spiro atoms. The molecule has 1 heterocycles. The third kappa shape index (κ3) is 2.90. The number of nitrogens with zero attached hydrogens (tertiary/aromatic N) is 1. The lowest BCUT2D eigenvalue weighted by atomic mass is 10.2. The van der Waals surface area contributed by atoms with Crippen molar-refractivity contribution in [2.45, 2.75) is 0 Å². The van der Waals surface area contributed by atoms with Crippen LogP contribution in [0.4, 0.5) is 5.69 Å². The highest BCUT2D eigenvalue weighted by molar-refractivity contribution is 6.17. The molecule has 2 rings (SSSR count). The normalized spacial score (nSPS) is 14.4. The number of hydrogen-bond acceptors (Lipinski definition) is 3. The maximum absolute atomic E-state index is 11.7. The summed E-state index contributed by atoms with van der Waals surface area (Å²) in [6.07, 6.45) is 0. The Labute approximate surface area is 105 Å². The number of amides is 1. The van der Waals surface area contributed by atoms with E-state index in [2.05, 4.69) is 0 Å². The Morgan fingerprint density at radius 3 is 3.00 bits per heavy atom. The summed E-state index contributed by atoms with van der Waals surface area (Å²) >= 11 is 5.51. The summed E-state index contributed by atoms with van der Waals surface area (Å²) in [7, 11) is 0. The molecule has 0 bridgehead atoms. The summed E-state index contributed by atoms with van der Waals surface area (Å²) in [5.74, 6) is 1.16. The van der Waals surface area contributed by atoms with Gasteiger partial charge in [0.2, 0.25) is 0 Å². The van der Waals surface area contributed by atoms with Gasteiger partial charge >= 0.3 is 0 Å². The molecule has 1 aromatic carbocycles. The van der Waals surface area contributed by atoms with Crippen LogP contribution in [-0.2, 0) is 9.53 Å². The van der Waals surface area contributed by atoms with Crippen LogP contribution in [0.5, 0.6) is 5.75 Å². The van der Waals surface area contributed by atoms with Crippen molar-refractivity contribution in [1.29, 1.82) is 0 Å². The van der Waals surface area contributed by atoms with E-state index in [1.165, 1.54) is 0 Å². The Hall–Kier alpha value is -1.26. The lowest BCUT2D eigenvalue weighted by Gasteiger charge is -2.29. The molecule has 0 fully saturated rings. The molecule has 0 unspecified atom stereocenters. The zero-order valence-corrected chi connectivity index (χ0v) is 10.2. The molecule has 5 heteroatoms. The van der Waals surface area contributed by atoms with Gasteiger partial charge in [0.15, 0.2) is 6.61 Å². The molecule has 1 aliphatic heterocycles. The van der Waals surface area contributed by atoms with Crippen molar-refractivity contribution in [2.24, 2.45) is 0 Å². The molecule has 1 aromatic rings. The molecule has 0 saturated heterocycles. The number of benzene rings is 1. The largest absolute Gasteiger partial charge is 0.482 e. The summed E-state index contributed by atoms with van der Waals surface area (Å²) in [6, 6.07) is 7.49. The fourth-order valence-electron chi connectivity index (χ4n) is 1.71. The van der Waals surface area contributed by atoms with Crippen LogP contribution in [0.25, 0.3) is 0 Å². The highest BCUT2D eigenvalue weighted by Crippen LogP contribution is 2.30. The van der Waals surface area contributed by atoms with Crippen molar-refractivity contribution >= 4 is 23.2 Å². The van der Waals surface area contributed by atoms with Gasteiger partial charge < -0.3 is 14.4 Å². The summed E-state index contributed by atoms with van der Waals surface area (Å²) in [5.41, 5.74) is 0.804. The van der Waals surface area contributed by atoms with Gasteiger partial charge in [-0.15, -0.1) is 11.6 Å². The molecule has 0 saturated carbocycles. The van der Waals surface area contributed by atoms with E-state index < -0.39 is 0 Å². The number of para-hydroxylation sites is 2. The minimum absolute atomic E-state index is 0.0434. The van der Waals surface area contributed by atoms with E-state index in [-0.39, 0.29) is 12.5 Å².